The smallest absolute Gasteiger partial charge is 0.265 e. The Morgan fingerprint density at radius 1 is 1.08 bits per heavy atom. The van der Waals surface area contributed by atoms with Gasteiger partial charge in [-0.05, 0) is 38.0 Å². The van der Waals surface area contributed by atoms with Gasteiger partial charge in [0.1, 0.15) is 4.90 Å². The lowest BCUT2D eigenvalue weighted by molar-refractivity contribution is 0.333. The topological polar surface area (TPSA) is 55.7 Å². The van der Waals surface area contributed by atoms with Gasteiger partial charge in [0.05, 0.1) is 5.71 Å². The van der Waals surface area contributed by atoms with E-state index in [2.05, 4.69) is 5.16 Å². The van der Waals surface area contributed by atoms with Crippen LogP contribution < -0.4 is 0 Å². The fraction of sp³-hybridized carbons (Fsp3) is 0.316. The zero-order valence-corrected chi connectivity index (χ0v) is 15.3. The van der Waals surface area contributed by atoms with Crippen LogP contribution in [0.15, 0.2) is 64.6 Å². The van der Waals surface area contributed by atoms with Gasteiger partial charge >= 0.3 is 10.1 Å². The summed E-state index contributed by atoms with van der Waals surface area (Å²) >= 11 is 0. The third-order valence-electron chi connectivity index (χ3n) is 4.50. The molecule has 0 heterocycles. The maximum atomic E-state index is 12.3. The molecule has 0 amide bonds. The van der Waals surface area contributed by atoms with E-state index in [4.69, 9.17) is 4.28 Å². The first kappa shape index (κ1) is 18.2. The molecule has 4 nitrogen and oxygen atoms in total. The molecule has 0 aromatic heterocycles. The molecule has 0 unspecified atom stereocenters. The molecule has 0 saturated carbocycles. The van der Waals surface area contributed by atoms with Crippen LogP contribution in [-0.4, -0.2) is 14.1 Å². The number of aryl methyl sites for hydroxylation is 1. The van der Waals surface area contributed by atoms with E-state index < -0.39 is 10.1 Å². The zero-order chi connectivity index (χ0) is 17.8. The molecule has 2 aromatic carbocycles. The van der Waals surface area contributed by atoms with Crippen molar-refractivity contribution in [1.29, 1.82) is 0 Å². The van der Waals surface area contributed by atoms with E-state index in [-0.39, 0.29) is 10.3 Å². The fourth-order valence-corrected chi connectivity index (χ4v) is 3.19. The molecule has 0 aliphatic carbocycles. The Balaban J connectivity index is 2.28. The van der Waals surface area contributed by atoms with E-state index in [0.717, 1.165) is 17.5 Å². The largest absolute Gasteiger partial charge is 0.358 e. The predicted molar refractivity (Wildman–Crippen MR) is 96.6 cm³/mol. The van der Waals surface area contributed by atoms with Crippen LogP contribution in [0.3, 0.4) is 0 Å². The number of oxime groups is 1. The average molecular weight is 345 g/mol. The first-order valence-electron chi connectivity index (χ1n) is 7.90. The van der Waals surface area contributed by atoms with Crippen molar-refractivity contribution >= 4 is 15.8 Å². The van der Waals surface area contributed by atoms with Gasteiger partial charge in [-0.15, -0.1) is 0 Å². The van der Waals surface area contributed by atoms with Crippen LogP contribution in [0.4, 0.5) is 0 Å². The lowest BCUT2D eigenvalue weighted by Gasteiger charge is -2.28. The Labute approximate surface area is 144 Å². The summed E-state index contributed by atoms with van der Waals surface area (Å²) < 4.78 is 29.5. The van der Waals surface area contributed by atoms with Crippen molar-refractivity contribution in [2.45, 2.75) is 44.4 Å². The highest BCUT2D eigenvalue weighted by Gasteiger charge is 2.29. The van der Waals surface area contributed by atoms with E-state index in [0.29, 0.717) is 5.71 Å². The second-order valence-electron chi connectivity index (χ2n) is 6.07. The molecular formula is C19H23NO3S. The minimum absolute atomic E-state index is 0.0996. The van der Waals surface area contributed by atoms with Crippen molar-refractivity contribution in [3.63, 3.8) is 0 Å². The third-order valence-corrected chi connectivity index (χ3v) is 5.62. The first-order valence-corrected chi connectivity index (χ1v) is 9.31. The van der Waals surface area contributed by atoms with E-state index in [9.17, 15) is 8.42 Å². The Kier molecular flexibility index (Phi) is 5.44. The van der Waals surface area contributed by atoms with E-state index in [1.807, 2.05) is 51.1 Å². The van der Waals surface area contributed by atoms with Gasteiger partial charge in [-0.25, -0.2) is 0 Å². The lowest BCUT2D eigenvalue weighted by atomic mass is 9.76. The van der Waals surface area contributed by atoms with Gasteiger partial charge in [0, 0.05) is 5.41 Å². The quantitative estimate of drug-likeness (QED) is 0.574. The SMILES string of the molecule is CC[C@@](C)(/C(C)=N\OS(=O)(=O)c1ccc(C)cc1)c1ccccc1. The molecule has 128 valence electrons. The monoisotopic (exact) mass is 345 g/mol. The Morgan fingerprint density at radius 3 is 2.21 bits per heavy atom. The molecule has 1 atom stereocenters. The van der Waals surface area contributed by atoms with Crippen molar-refractivity contribution in [2.24, 2.45) is 5.16 Å². The van der Waals surface area contributed by atoms with Crippen molar-refractivity contribution < 1.29 is 12.7 Å². The maximum Gasteiger partial charge on any atom is 0.358 e. The van der Waals surface area contributed by atoms with Gasteiger partial charge in [-0.3, -0.25) is 4.28 Å². The zero-order valence-electron chi connectivity index (χ0n) is 14.5. The Morgan fingerprint density at radius 2 is 1.67 bits per heavy atom. The summed E-state index contributed by atoms with van der Waals surface area (Å²) in [6.07, 6.45) is 0.778. The average Bonchev–Trinajstić information content (AvgIpc) is 2.60. The molecule has 0 aliphatic rings. The summed E-state index contributed by atoms with van der Waals surface area (Å²) in [6, 6.07) is 16.4. The third kappa shape index (κ3) is 3.85. The Hall–Kier alpha value is -2.14. The first-order chi connectivity index (χ1) is 11.3. The summed E-state index contributed by atoms with van der Waals surface area (Å²) in [5.74, 6) is 0. The van der Waals surface area contributed by atoms with Crippen molar-refractivity contribution in [2.75, 3.05) is 0 Å². The van der Waals surface area contributed by atoms with Gasteiger partial charge in [-0.1, -0.05) is 67.0 Å². The molecule has 0 bridgehead atoms. The minimum atomic E-state index is -3.91. The van der Waals surface area contributed by atoms with Gasteiger partial charge in [0.25, 0.3) is 0 Å². The molecule has 0 radical (unpaired) electrons. The van der Waals surface area contributed by atoms with Crippen LogP contribution in [0.1, 0.15) is 38.3 Å². The van der Waals surface area contributed by atoms with Gasteiger partial charge in [0.2, 0.25) is 0 Å². The molecular weight excluding hydrogens is 322 g/mol. The standard InChI is InChI=1S/C19H23NO3S/c1-5-19(4,17-9-7-6-8-10-17)16(3)20-23-24(21,22)18-13-11-15(2)12-14-18/h6-14H,5H2,1-4H3/b20-16-/t19-/m0/s1. The lowest BCUT2D eigenvalue weighted by Crippen LogP contribution is -2.30. The normalized spacial score (nSPS) is 14.9. The maximum absolute atomic E-state index is 12.3. The summed E-state index contributed by atoms with van der Waals surface area (Å²) in [4.78, 5) is 0.0996. The Bertz CT molecular complexity index is 811. The van der Waals surface area contributed by atoms with Crippen LogP contribution in [0, 0.1) is 6.92 Å². The summed E-state index contributed by atoms with van der Waals surface area (Å²) in [5.41, 5.74) is 2.29. The summed E-state index contributed by atoms with van der Waals surface area (Å²) in [6.45, 7) is 7.76. The van der Waals surface area contributed by atoms with Crippen LogP contribution in [-0.2, 0) is 19.8 Å². The van der Waals surface area contributed by atoms with E-state index >= 15 is 0 Å². The molecule has 0 N–H and O–H groups in total. The number of hydrogen-bond acceptors (Lipinski definition) is 4. The number of benzene rings is 2. The van der Waals surface area contributed by atoms with Crippen molar-refractivity contribution in [3.05, 3.63) is 65.7 Å². The highest BCUT2D eigenvalue weighted by atomic mass is 32.2. The molecule has 2 aromatic rings. The van der Waals surface area contributed by atoms with Crippen molar-refractivity contribution in [3.8, 4) is 0 Å². The second kappa shape index (κ2) is 7.18. The molecule has 0 aliphatic heterocycles. The highest BCUT2D eigenvalue weighted by Crippen LogP contribution is 2.29. The minimum Gasteiger partial charge on any atom is -0.265 e. The number of hydrogen-bond donors (Lipinski definition) is 0. The fourth-order valence-electron chi connectivity index (χ4n) is 2.43. The van der Waals surface area contributed by atoms with Crippen LogP contribution in [0.25, 0.3) is 0 Å². The van der Waals surface area contributed by atoms with Crippen LogP contribution in [0.2, 0.25) is 0 Å². The molecule has 0 fully saturated rings. The van der Waals surface area contributed by atoms with E-state index in [1.165, 1.54) is 12.1 Å². The van der Waals surface area contributed by atoms with Crippen molar-refractivity contribution in [1.82, 2.24) is 0 Å². The molecule has 5 heteroatoms. The number of rotatable bonds is 6. The van der Waals surface area contributed by atoms with Gasteiger partial charge in [0.15, 0.2) is 0 Å². The molecule has 2 rings (SSSR count). The predicted octanol–water partition coefficient (Wildman–Crippen LogP) is 4.44. The van der Waals surface area contributed by atoms with Gasteiger partial charge in [-0.2, -0.15) is 8.42 Å². The summed E-state index contributed by atoms with van der Waals surface area (Å²) in [5, 5.41) is 3.94. The molecule has 0 saturated heterocycles. The number of nitrogens with zero attached hydrogens (tertiary/aromatic N) is 1. The van der Waals surface area contributed by atoms with E-state index in [1.54, 1.807) is 19.1 Å². The van der Waals surface area contributed by atoms with Gasteiger partial charge < -0.3 is 0 Å². The van der Waals surface area contributed by atoms with Crippen LogP contribution in [0.5, 0.6) is 0 Å². The summed E-state index contributed by atoms with van der Waals surface area (Å²) in [7, 11) is -3.91. The molecule has 0 spiro atoms. The van der Waals surface area contributed by atoms with Crippen LogP contribution >= 0.6 is 0 Å². The second-order valence-corrected chi connectivity index (χ2v) is 7.60. The highest BCUT2D eigenvalue weighted by molar-refractivity contribution is 7.86. The molecule has 24 heavy (non-hydrogen) atoms.